The molecule has 0 bridgehead atoms. The number of nitrogens with zero attached hydrogens (tertiary/aromatic N) is 5. The number of methoxy groups -OCH3 is 1. The van der Waals surface area contributed by atoms with Crippen LogP contribution in [0.5, 0.6) is 5.75 Å². The minimum absolute atomic E-state index is 0.0264. The molecule has 0 radical (unpaired) electrons. The molecule has 318 valence electrons. The smallest absolute Gasteiger partial charge is 0.421 e. The number of carboxylic acid groups (broad SMARTS) is 1. The number of para-hydroxylation sites is 2. The highest BCUT2D eigenvalue weighted by molar-refractivity contribution is 6.23. The Hall–Kier alpha value is -7.38. The van der Waals surface area contributed by atoms with E-state index in [9.17, 15) is 24.6 Å². The highest BCUT2D eigenvalue weighted by Crippen LogP contribution is 2.66. The summed E-state index contributed by atoms with van der Waals surface area (Å²) >= 11 is 0. The van der Waals surface area contributed by atoms with Crippen molar-refractivity contribution in [2.45, 2.75) is 36.2 Å². The Bertz CT molecular complexity index is 2770. The molecule has 4 heterocycles. The van der Waals surface area contributed by atoms with Gasteiger partial charge >= 0.3 is 18.0 Å². The molecule has 3 aliphatic rings. The molecule has 3 aliphatic heterocycles. The van der Waals surface area contributed by atoms with Crippen molar-refractivity contribution in [2.75, 3.05) is 38.4 Å². The number of aliphatic hydroxyl groups excluding tert-OH is 1. The first-order chi connectivity index (χ1) is 30.8. The third-order valence-corrected chi connectivity index (χ3v) is 11.9. The molecule has 6 atom stereocenters. The number of benzene rings is 5. The Labute approximate surface area is 361 Å². The summed E-state index contributed by atoms with van der Waals surface area (Å²) in [6, 6.07) is 33.6. The van der Waals surface area contributed by atoms with Crippen LogP contribution in [-0.4, -0.2) is 93.6 Å². The van der Waals surface area contributed by atoms with Crippen molar-refractivity contribution in [1.29, 1.82) is 0 Å². The summed E-state index contributed by atoms with van der Waals surface area (Å²) in [5.41, 5.74) is 1.47. The lowest BCUT2D eigenvalue weighted by molar-refractivity contribution is -0.179. The zero-order valence-electron chi connectivity index (χ0n) is 33.9. The maximum Gasteiger partial charge on any atom is 0.421 e. The van der Waals surface area contributed by atoms with E-state index in [1.54, 1.807) is 46.0 Å². The summed E-state index contributed by atoms with van der Waals surface area (Å²) in [4.78, 5) is 62.0. The van der Waals surface area contributed by atoms with E-state index in [4.69, 9.17) is 18.9 Å². The van der Waals surface area contributed by atoms with Crippen molar-refractivity contribution in [2.24, 2.45) is 5.92 Å². The van der Waals surface area contributed by atoms with E-state index >= 15 is 4.79 Å². The van der Waals surface area contributed by atoms with Crippen molar-refractivity contribution in [1.82, 2.24) is 19.9 Å². The van der Waals surface area contributed by atoms with Crippen LogP contribution in [-0.2, 0) is 40.6 Å². The number of cyclic esters (lactones) is 1. The molecule has 5 aromatic carbocycles. The van der Waals surface area contributed by atoms with Gasteiger partial charge in [-0.25, -0.2) is 14.4 Å². The second kappa shape index (κ2) is 17.2. The standard InChI is InChI=1S/C48H41N5O10/c1-60-27-28-62-47(59)52-36-23-22-30(13-12-24-51-37-20-10-9-19-35(37)49-50-51)29-34(36)48(46(52)58)39(44(55)56)41-45(57)63-42(32-16-6-3-7-17-32)40(31-14-4-2-5-15-31)53(41)43(48)33-18-8-11-21-38(33)61-26-25-54/h2-11,14-23,29,39-43,54H,24-28H2,1H3,(H,55,56)/t39-,40-,41-,42+,43+,48-/m1/s1. The molecule has 1 aromatic heterocycles. The number of aliphatic hydroxyl groups is 1. The number of hydrogen-bond donors (Lipinski definition) is 2. The highest BCUT2D eigenvalue weighted by atomic mass is 16.6. The number of hydrogen-bond acceptors (Lipinski definition) is 12. The van der Waals surface area contributed by atoms with Gasteiger partial charge in [0.1, 0.15) is 54.5 Å². The minimum atomic E-state index is -2.23. The first-order valence-electron chi connectivity index (χ1n) is 20.3. The van der Waals surface area contributed by atoms with Gasteiger partial charge in [0.2, 0.25) is 5.91 Å². The zero-order chi connectivity index (χ0) is 43.7. The van der Waals surface area contributed by atoms with E-state index in [-0.39, 0.29) is 50.0 Å². The first kappa shape index (κ1) is 41.0. The van der Waals surface area contributed by atoms with Crippen LogP contribution in [0, 0.1) is 17.8 Å². The molecular formula is C48H41N5O10. The number of rotatable bonds is 11. The van der Waals surface area contributed by atoms with Crippen LogP contribution in [0.15, 0.2) is 127 Å². The number of morpholine rings is 1. The molecule has 15 heteroatoms. The summed E-state index contributed by atoms with van der Waals surface area (Å²) in [7, 11) is 1.44. The first-order valence-corrected chi connectivity index (χ1v) is 20.3. The number of fused-ring (bicyclic) bond motifs is 4. The predicted octanol–water partition coefficient (Wildman–Crippen LogP) is 5.39. The van der Waals surface area contributed by atoms with E-state index in [2.05, 4.69) is 22.2 Å². The van der Waals surface area contributed by atoms with Crippen molar-refractivity contribution < 1.29 is 48.3 Å². The Morgan fingerprint density at radius 1 is 0.841 bits per heavy atom. The van der Waals surface area contributed by atoms with Crippen LogP contribution in [0.3, 0.4) is 0 Å². The fourth-order valence-electron chi connectivity index (χ4n) is 9.44. The highest BCUT2D eigenvalue weighted by Gasteiger charge is 2.76. The van der Waals surface area contributed by atoms with E-state index in [0.717, 1.165) is 10.4 Å². The molecular weight excluding hydrogens is 807 g/mol. The Morgan fingerprint density at radius 2 is 1.56 bits per heavy atom. The van der Waals surface area contributed by atoms with Gasteiger partial charge in [0, 0.05) is 18.2 Å². The molecule has 15 nitrogen and oxygen atoms in total. The van der Waals surface area contributed by atoms with Crippen LogP contribution < -0.4 is 9.64 Å². The normalized spacial score (nSPS) is 22.6. The number of imide groups is 1. The molecule has 2 fully saturated rings. The van der Waals surface area contributed by atoms with Crippen molar-refractivity contribution >= 4 is 40.7 Å². The third kappa shape index (κ3) is 6.94. The second-order valence-electron chi connectivity index (χ2n) is 15.2. The average molecular weight is 848 g/mol. The van der Waals surface area contributed by atoms with Gasteiger partial charge < -0.3 is 29.2 Å². The number of carbonyl (C=O) groups excluding carboxylic acids is 3. The largest absolute Gasteiger partial charge is 0.491 e. The number of amides is 2. The maximum atomic E-state index is 16.0. The molecule has 9 rings (SSSR count). The number of aromatic nitrogens is 3. The van der Waals surface area contributed by atoms with Gasteiger partial charge in [0.15, 0.2) is 0 Å². The molecule has 63 heavy (non-hydrogen) atoms. The molecule has 0 unspecified atom stereocenters. The Morgan fingerprint density at radius 3 is 2.30 bits per heavy atom. The molecule has 2 saturated heterocycles. The Balaban J connectivity index is 1.31. The lowest BCUT2D eigenvalue weighted by Gasteiger charge is -2.46. The molecule has 2 N–H and O–H groups in total. The van der Waals surface area contributed by atoms with Gasteiger partial charge in [-0.2, -0.15) is 0 Å². The molecule has 0 aliphatic carbocycles. The third-order valence-electron chi connectivity index (χ3n) is 11.9. The molecule has 6 aromatic rings. The number of esters is 1. The summed E-state index contributed by atoms with van der Waals surface area (Å²) in [5, 5.41) is 30.0. The van der Waals surface area contributed by atoms with Crippen LogP contribution in [0.4, 0.5) is 10.5 Å². The van der Waals surface area contributed by atoms with Crippen LogP contribution >= 0.6 is 0 Å². The van der Waals surface area contributed by atoms with Crippen LogP contribution in [0.25, 0.3) is 11.0 Å². The van der Waals surface area contributed by atoms with Gasteiger partial charge in [-0.05, 0) is 53.1 Å². The topological polar surface area (TPSA) is 183 Å². The number of carboxylic acids is 1. The quantitative estimate of drug-likeness (QED) is 0.0964. The molecule has 2 amide bonds. The van der Waals surface area contributed by atoms with E-state index in [0.29, 0.717) is 27.8 Å². The van der Waals surface area contributed by atoms with Gasteiger partial charge in [-0.15, -0.1) is 5.10 Å². The lowest BCUT2D eigenvalue weighted by Crippen LogP contribution is -2.53. The number of aliphatic carboxylic acids is 1. The monoisotopic (exact) mass is 847 g/mol. The fraction of sp³-hybridized carbons (Fsp3) is 0.250. The average Bonchev–Trinajstić information content (AvgIpc) is 3.95. The minimum Gasteiger partial charge on any atom is -0.491 e. The molecule has 1 spiro atoms. The maximum absolute atomic E-state index is 16.0. The number of anilines is 1. The van der Waals surface area contributed by atoms with E-state index in [1.165, 1.54) is 13.2 Å². The van der Waals surface area contributed by atoms with Crippen LogP contribution in [0.1, 0.15) is 46.0 Å². The van der Waals surface area contributed by atoms with Gasteiger partial charge in [0.25, 0.3) is 0 Å². The van der Waals surface area contributed by atoms with Crippen molar-refractivity contribution in [3.63, 3.8) is 0 Å². The fourth-order valence-corrected chi connectivity index (χ4v) is 9.44. The summed E-state index contributed by atoms with van der Waals surface area (Å²) < 4.78 is 24.8. The van der Waals surface area contributed by atoms with E-state index < -0.39 is 59.5 Å². The lowest BCUT2D eigenvalue weighted by atomic mass is 9.65. The van der Waals surface area contributed by atoms with Crippen LogP contribution in [0.2, 0.25) is 0 Å². The predicted molar refractivity (Wildman–Crippen MR) is 226 cm³/mol. The number of carbonyl (C=O) groups is 4. The Kier molecular flexibility index (Phi) is 11.2. The summed E-state index contributed by atoms with van der Waals surface area (Å²) in [5.74, 6) is 1.38. The second-order valence-corrected chi connectivity index (χ2v) is 15.2. The van der Waals surface area contributed by atoms with Crippen molar-refractivity contribution in [3.8, 4) is 17.6 Å². The number of ether oxygens (including phenoxy) is 4. The van der Waals surface area contributed by atoms with Gasteiger partial charge in [-0.3, -0.25) is 19.3 Å². The summed E-state index contributed by atoms with van der Waals surface area (Å²) in [6.45, 7) is -0.516. The van der Waals surface area contributed by atoms with Gasteiger partial charge in [0.05, 0.1) is 36.5 Å². The summed E-state index contributed by atoms with van der Waals surface area (Å²) in [6.07, 6.45) is -2.04. The van der Waals surface area contributed by atoms with Gasteiger partial charge in [-0.1, -0.05) is 108 Å². The SMILES string of the molecule is COCCOC(=O)N1C(=O)[C@@]2(c3cc(C#CCn4nnc5ccccc54)ccc31)[C@H](c1ccccc1OCCO)N1[C@H](c3ccccc3)[C@H](c3ccccc3)OC(=O)[C@H]1[C@@H]2C(=O)O. The molecule has 0 saturated carbocycles. The zero-order valence-corrected chi connectivity index (χ0v) is 33.9. The van der Waals surface area contributed by atoms with Crippen molar-refractivity contribution in [3.05, 3.63) is 155 Å². The van der Waals surface area contributed by atoms with E-state index in [1.807, 2.05) is 84.9 Å².